The number of anilines is 1. The molecule has 0 saturated carbocycles. The predicted molar refractivity (Wildman–Crippen MR) is 121 cm³/mol. The highest BCUT2D eigenvalue weighted by atomic mass is 35.5. The van der Waals surface area contributed by atoms with Crippen LogP contribution in [0, 0.1) is 26.6 Å². The highest BCUT2D eigenvalue weighted by Crippen LogP contribution is 2.28. The van der Waals surface area contributed by atoms with Crippen LogP contribution in [0.4, 0.5) is 10.1 Å². The van der Waals surface area contributed by atoms with Gasteiger partial charge in [0.15, 0.2) is 0 Å². The molecule has 2 aromatic rings. The second-order valence-electron chi connectivity index (χ2n) is 8.52. The lowest BCUT2D eigenvalue weighted by atomic mass is 9.96. The number of carbonyl (C=O) groups excluding carboxylic acids is 1. The average molecular weight is 449 g/mol. The first-order valence-electron chi connectivity index (χ1n) is 10.6. The maximum atomic E-state index is 13.4. The van der Waals surface area contributed by atoms with Crippen LogP contribution in [0.25, 0.3) is 0 Å². The maximum absolute atomic E-state index is 13.4. The van der Waals surface area contributed by atoms with Crippen molar-refractivity contribution in [1.29, 1.82) is 0 Å². The summed E-state index contributed by atoms with van der Waals surface area (Å²) < 4.78 is 19.3. The normalized spacial score (nSPS) is 19.7. The third-order valence-electron chi connectivity index (χ3n) is 5.77. The molecule has 0 radical (unpaired) electrons. The van der Waals surface area contributed by atoms with Crippen molar-refractivity contribution in [1.82, 2.24) is 4.90 Å². The molecular weight excluding hydrogens is 419 g/mol. The molecular formula is C24H30ClFN2O3. The zero-order valence-corrected chi connectivity index (χ0v) is 19.1. The van der Waals surface area contributed by atoms with E-state index >= 15 is 0 Å². The van der Waals surface area contributed by atoms with Gasteiger partial charge in [-0.3, -0.25) is 9.69 Å². The molecule has 1 aliphatic heterocycles. The highest BCUT2D eigenvalue weighted by molar-refractivity contribution is 6.32. The fourth-order valence-electron chi connectivity index (χ4n) is 3.87. The van der Waals surface area contributed by atoms with E-state index in [4.69, 9.17) is 16.3 Å². The average Bonchev–Trinajstić information content (AvgIpc) is 2.89. The number of benzene rings is 2. The van der Waals surface area contributed by atoms with Gasteiger partial charge >= 0.3 is 0 Å². The fraction of sp³-hybridized carbons (Fsp3) is 0.458. The van der Waals surface area contributed by atoms with E-state index in [0.29, 0.717) is 37.4 Å². The SMILES string of the molecule is Cc1ccc(F)cc1NC(=O)CN1CCCC(O)(COc2cc(C)c(Cl)c(C)c2)CC1. The lowest BCUT2D eigenvalue weighted by Gasteiger charge is -2.27. The standard InChI is InChI=1S/C24H30ClFN2O3/c1-16-5-6-19(26)13-21(16)27-22(29)14-28-9-4-7-24(30,8-10-28)15-31-20-11-17(2)23(25)18(3)12-20/h5-6,11-13,30H,4,7-10,14-15H2,1-3H3,(H,27,29). The van der Waals surface area contributed by atoms with E-state index < -0.39 is 5.60 Å². The molecule has 3 rings (SSSR count). The summed E-state index contributed by atoms with van der Waals surface area (Å²) in [4.78, 5) is 14.5. The van der Waals surface area contributed by atoms with E-state index in [0.717, 1.165) is 28.1 Å². The van der Waals surface area contributed by atoms with Gasteiger partial charge < -0.3 is 15.2 Å². The first-order chi connectivity index (χ1) is 14.6. The first kappa shape index (κ1) is 23.5. The Hall–Kier alpha value is -2.15. The molecule has 0 aromatic heterocycles. The number of nitrogens with zero attached hydrogens (tertiary/aromatic N) is 1. The van der Waals surface area contributed by atoms with Gasteiger partial charge in [0.2, 0.25) is 5.91 Å². The zero-order valence-electron chi connectivity index (χ0n) is 18.3. The van der Waals surface area contributed by atoms with Gasteiger partial charge in [0.1, 0.15) is 18.2 Å². The number of carbonyl (C=O) groups is 1. The number of aryl methyl sites for hydroxylation is 3. The molecule has 1 saturated heterocycles. The van der Waals surface area contributed by atoms with Gasteiger partial charge in [-0.05, 0) is 87.5 Å². The van der Waals surface area contributed by atoms with E-state index in [9.17, 15) is 14.3 Å². The second kappa shape index (κ2) is 9.98. The summed E-state index contributed by atoms with van der Waals surface area (Å²) in [6.07, 6.45) is 1.86. The number of amides is 1. The minimum Gasteiger partial charge on any atom is -0.491 e. The fourth-order valence-corrected chi connectivity index (χ4v) is 3.98. The maximum Gasteiger partial charge on any atom is 0.238 e. The van der Waals surface area contributed by atoms with E-state index in [2.05, 4.69) is 5.32 Å². The Morgan fingerprint density at radius 2 is 1.87 bits per heavy atom. The van der Waals surface area contributed by atoms with Crippen LogP contribution in [0.3, 0.4) is 0 Å². The molecule has 0 spiro atoms. The molecule has 1 fully saturated rings. The Morgan fingerprint density at radius 3 is 2.58 bits per heavy atom. The molecule has 7 heteroatoms. The van der Waals surface area contributed by atoms with Crippen LogP contribution in [0.15, 0.2) is 30.3 Å². The lowest BCUT2D eigenvalue weighted by Crippen LogP contribution is -2.38. The van der Waals surface area contributed by atoms with Crippen molar-refractivity contribution < 1.29 is 19.0 Å². The molecule has 1 heterocycles. The number of likely N-dealkylation sites (tertiary alicyclic amines) is 1. The summed E-state index contributed by atoms with van der Waals surface area (Å²) in [6, 6.07) is 8.09. The molecule has 1 aliphatic rings. The van der Waals surface area contributed by atoms with Crippen molar-refractivity contribution in [2.24, 2.45) is 0 Å². The van der Waals surface area contributed by atoms with Crippen LogP contribution in [0.1, 0.15) is 36.0 Å². The summed E-state index contributed by atoms with van der Waals surface area (Å²) in [6.45, 7) is 7.35. The molecule has 1 unspecified atom stereocenters. The number of hydrogen-bond acceptors (Lipinski definition) is 4. The third kappa shape index (κ3) is 6.42. The van der Waals surface area contributed by atoms with Crippen molar-refractivity contribution in [2.75, 3.05) is 31.6 Å². The van der Waals surface area contributed by atoms with Crippen LogP contribution in [-0.2, 0) is 4.79 Å². The smallest absolute Gasteiger partial charge is 0.238 e. The Balaban J connectivity index is 1.53. The molecule has 2 N–H and O–H groups in total. The summed E-state index contributed by atoms with van der Waals surface area (Å²) in [5.74, 6) is 0.119. The van der Waals surface area contributed by atoms with Crippen LogP contribution in [-0.4, -0.2) is 47.8 Å². The van der Waals surface area contributed by atoms with E-state index in [-0.39, 0.29) is 24.9 Å². The van der Waals surface area contributed by atoms with Crippen molar-refractivity contribution >= 4 is 23.2 Å². The third-order valence-corrected chi connectivity index (χ3v) is 6.36. The van der Waals surface area contributed by atoms with Crippen LogP contribution < -0.4 is 10.1 Å². The van der Waals surface area contributed by atoms with Gasteiger partial charge in [0.05, 0.1) is 12.1 Å². The van der Waals surface area contributed by atoms with Gasteiger partial charge in [0, 0.05) is 17.3 Å². The lowest BCUT2D eigenvalue weighted by molar-refractivity contribution is -0.117. The molecule has 5 nitrogen and oxygen atoms in total. The highest BCUT2D eigenvalue weighted by Gasteiger charge is 2.31. The largest absolute Gasteiger partial charge is 0.491 e. The number of halogens is 2. The number of ether oxygens (including phenoxy) is 1. The molecule has 0 aliphatic carbocycles. The van der Waals surface area contributed by atoms with E-state index in [1.165, 1.54) is 12.1 Å². The molecule has 168 valence electrons. The van der Waals surface area contributed by atoms with E-state index in [1.54, 1.807) is 6.07 Å². The molecule has 1 atom stereocenters. The summed E-state index contributed by atoms with van der Waals surface area (Å²) in [5.41, 5.74) is 2.22. The summed E-state index contributed by atoms with van der Waals surface area (Å²) in [7, 11) is 0. The number of aliphatic hydroxyl groups is 1. The Labute approximate surface area is 188 Å². The number of nitrogens with one attached hydrogen (secondary N) is 1. The minimum atomic E-state index is -0.953. The van der Waals surface area contributed by atoms with Gasteiger partial charge in [0.25, 0.3) is 0 Å². The molecule has 2 aromatic carbocycles. The predicted octanol–water partition coefficient (Wildman–Crippen LogP) is 4.64. The van der Waals surface area contributed by atoms with Crippen molar-refractivity contribution in [3.63, 3.8) is 0 Å². The zero-order chi connectivity index (χ0) is 22.6. The van der Waals surface area contributed by atoms with Crippen LogP contribution >= 0.6 is 11.6 Å². The Bertz CT molecular complexity index is 929. The molecule has 31 heavy (non-hydrogen) atoms. The second-order valence-corrected chi connectivity index (χ2v) is 8.90. The van der Waals surface area contributed by atoms with Gasteiger partial charge in [-0.15, -0.1) is 0 Å². The van der Waals surface area contributed by atoms with E-state index in [1.807, 2.05) is 37.8 Å². The topological polar surface area (TPSA) is 61.8 Å². The quantitative estimate of drug-likeness (QED) is 0.675. The summed E-state index contributed by atoms with van der Waals surface area (Å²) >= 11 is 6.21. The van der Waals surface area contributed by atoms with Crippen LogP contribution in [0.2, 0.25) is 5.02 Å². The van der Waals surface area contributed by atoms with Crippen LogP contribution in [0.5, 0.6) is 5.75 Å². The first-order valence-corrected chi connectivity index (χ1v) is 10.9. The van der Waals surface area contributed by atoms with Gasteiger partial charge in [-0.2, -0.15) is 0 Å². The van der Waals surface area contributed by atoms with Crippen molar-refractivity contribution in [3.05, 3.63) is 57.9 Å². The molecule has 1 amide bonds. The minimum absolute atomic E-state index is 0.191. The van der Waals surface area contributed by atoms with Gasteiger partial charge in [-0.1, -0.05) is 17.7 Å². The number of hydrogen-bond donors (Lipinski definition) is 2. The summed E-state index contributed by atoms with van der Waals surface area (Å²) in [5, 5.41) is 14.5. The Morgan fingerprint density at radius 1 is 1.16 bits per heavy atom. The van der Waals surface area contributed by atoms with Crippen molar-refractivity contribution in [3.8, 4) is 5.75 Å². The molecule has 0 bridgehead atoms. The Kier molecular flexibility index (Phi) is 7.57. The van der Waals surface area contributed by atoms with Gasteiger partial charge in [-0.25, -0.2) is 4.39 Å². The monoisotopic (exact) mass is 448 g/mol. The van der Waals surface area contributed by atoms with Crippen molar-refractivity contribution in [2.45, 2.75) is 45.6 Å². The number of rotatable bonds is 6.